The molecule has 0 aliphatic carbocycles. The monoisotopic (exact) mass is 391 g/mol. The molecule has 9 heteroatoms. The van der Waals surface area contributed by atoms with Crippen LogP contribution in [0.25, 0.3) is 0 Å². The molecule has 3 aromatic heterocycles. The van der Waals surface area contributed by atoms with Gasteiger partial charge in [0.1, 0.15) is 0 Å². The maximum absolute atomic E-state index is 8.59. The van der Waals surface area contributed by atoms with E-state index in [1.807, 2.05) is 91.8 Å². The van der Waals surface area contributed by atoms with Crippen molar-refractivity contribution in [1.29, 1.82) is 0 Å². The van der Waals surface area contributed by atoms with E-state index in [-0.39, 0.29) is 12.4 Å². The summed E-state index contributed by atoms with van der Waals surface area (Å²) in [6, 6.07) is 17.6. The predicted octanol–water partition coefficient (Wildman–Crippen LogP) is -4.11. The summed E-state index contributed by atoms with van der Waals surface area (Å²) in [5.74, 6) is 0. The SMILES string of the molecule is [Cl-].[O]=[Cr](=[O])([O-])[O-].c1cc[nH+]cc1.c1cc[nH+]cc1.c1cc[nH+]cc1. The van der Waals surface area contributed by atoms with E-state index in [1.165, 1.54) is 0 Å². The van der Waals surface area contributed by atoms with Gasteiger partial charge in [-0.05, 0) is 0 Å². The largest absolute Gasteiger partial charge is 0.218 e. The van der Waals surface area contributed by atoms with Crippen LogP contribution in [0.5, 0.6) is 0 Å². The average molecular weight is 392 g/mol. The van der Waals surface area contributed by atoms with E-state index in [4.69, 9.17) is 15.9 Å². The fourth-order valence-electron chi connectivity index (χ4n) is 1.03. The molecule has 3 rings (SSSR count). The van der Waals surface area contributed by atoms with Crippen molar-refractivity contribution in [3.05, 3.63) is 91.8 Å². The number of hydrogen-bond donors (Lipinski definition) is 0. The molecular formula is C15H18ClCrN3O4. The van der Waals surface area contributed by atoms with E-state index in [9.17, 15) is 0 Å². The molecule has 0 radical (unpaired) electrons. The number of pyridine rings is 3. The second kappa shape index (κ2) is 17.2. The van der Waals surface area contributed by atoms with Gasteiger partial charge in [-0.1, -0.05) is 18.2 Å². The molecule has 130 valence electrons. The van der Waals surface area contributed by atoms with Gasteiger partial charge >= 0.3 is 29.5 Å². The summed E-state index contributed by atoms with van der Waals surface area (Å²) in [6.07, 6.45) is 11.2. The predicted molar refractivity (Wildman–Crippen MR) is 70.4 cm³/mol. The Morgan fingerprint density at radius 1 is 0.500 bits per heavy atom. The Morgan fingerprint density at radius 2 is 0.667 bits per heavy atom. The molecule has 0 amide bonds. The van der Waals surface area contributed by atoms with Gasteiger partial charge in [-0.25, -0.2) is 15.0 Å². The fourth-order valence-corrected chi connectivity index (χ4v) is 1.03. The molecule has 0 saturated carbocycles. The van der Waals surface area contributed by atoms with Gasteiger partial charge < -0.3 is 12.4 Å². The topological polar surface area (TPSA) is 123 Å². The Kier molecular flexibility index (Phi) is 17.2. The third-order valence-electron chi connectivity index (χ3n) is 1.82. The second-order valence-electron chi connectivity index (χ2n) is 3.64. The zero-order valence-electron chi connectivity index (χ0n) is 12.6. The van der Waals surface area contributed by atoms with Gasteiger partial charge in [0, 0.05) is 36.4 Å². The van der Waals surface area contributed by atoms with E-state index < -0.39 is 13.6 Å². The molecule has 0 unspecified atom stereocenters. The Labute approximate surface area is 148 Å². The Morgan fingerprint density at radius 3 is 0.708 bits per heavy atom. The molecule has 3 N–H and O–H groups in total. The summed E-state index contributed by atoms with van der Waals surface area (Å²) in [4.78, 5) is 8.68. The summed E-state index contributed by atoms with van der Waals surface area (Å²) in [5, 5.41) is 0. The van der Waals surface area contributed by atoms with Crippen molar-refractivity contribution < 1.29 is 56.9 Å². The first-order valence-electron chi connectivity index (χ1n) is 6.40. The number of aromatic amines is 3. The number of aromatic nitrogens is 3. The number of rotatable bonds is 0. The maximum atomic E-state index is 8.59. The summed E-state index contributed by atoms with van der Waals surface area (Å²) in [5.41, 5.74) is 0. The van der Waals surface area contributed by atoms with E-state index in [0.29, 0.717) is 0 Å². The molecule has 0 fully saturated rings. The Bertz CT molecular complexity index is 512. The molecular weight excluding hydrogens is 374 g/mol. The van der Waals surface area contributed by atoms with Crippen LogP contribution < -0.4 is 35.7 Å². The van der Waals surface area contributed by atoms with Gasteiger partial charge in [0.05, 0.1) is 0 Å². The van der Waals surface area contributed by atoms with Crippen molar-refractivity contribution in [2.75, 3.05) is 0 Å². The molecule has 0 aromatic carbocycles. The molecule has 3 aromatic rings. The van der Waals surface area contributed by atoms with Crippen LogP contribution in [0.2, 0.25) is 0 Å². The van der Waals surface area contributed by atoms with Crippen molar-refractivity contribution in [1.82, 2.24) is 0 Å². The third-order valence-corrected chi connectivity index (χ3v) is 1.82. The van der Waals surface area contributed by atoms with Crippen LogP contribution in [-0.4, -0.2) is 0 Å². The Hall–Kier alpha value is -2.21. The number of H-pyrrole nitrogens is 3. The first-order valence-corrected chi connectivity index (χ1v) is 8.48. The van der Waals surface area contributed by atoms with Gasteiger partial charge in [-0.15, -0.1) is 0 Å². The fraction of sp³-hybridized carbons (Fsp3) is 0. The number of hydrogen-bond acceptors (Lipinski definition) is 4. The maximum Gasteiger partial charge on any atom is 0.166 e. The van der Waals surface area contributed by atoms with Crippen LogP contribution in [-0.2, 0) is 21.2 Å². The molecule has 0 aliphatic heterocycles. The summed E-state index contributed by atoms with van der Waals surface area (Å²) in [7, 11) is 0. The number of nitrogens with one attached hydrogen (secondary N) is 3. The van der Waals surface area contributed by atoms with Crippen molar-refractivity contribution in [2.45, 2.75) is 0 Å². The Balaban J connectivity index is 0. The third kappa shape index (κ3) is 28.0. The van der Waals surface area contributed by atoms with Crippen LogP contribution in [0.1, 0.15) is 0 Å². The van der Waals surface area contributed by atoms with E-state index >= 15 is 0 Å². The number of halogens is 1. The minimum Gasteiger partial charge on any atom is -0.218 e. The molecule has 7 nitrogen and oxygen atoms in total. The van der Waals surface area contributed by atoms with Gasteiger partial charge in [0.15, 0.2) is 37.2 Å². The quantitative estimate of drug-likeness (QED) is 0.386. The summed E-state index contributed by atoms with van der Waals surface area (Å²) < 4.78 is 34.4. The summed E-state index contributed by atoms with van der Waals surface area (Å²) in [6.45, 7) is 0. The van der Waals surface area contributed by atoms with E-state index in [2.05, 4.69) is 15.0 Å². The smallest absolute Gasteiger partial charge is 0.166 e. The van der Waals surface area contributed by atoms with Crippen LogP contribution in [0.4, 0.5) is 0 Å². The average Bonchev–Trinajstić information content (AvgIpc) is 2.59. The van der Waals surface area contributed by atoms with Gasteiger partial charge in [0.25, 0.3) is 0 Å². The van der Waals surface area contributed by atoms with Crippen LogP contribution in [0.15, 0.2) is 91.8 Å². The van der Waals surface area contributed by atoms with Crippen molar-refractivity contribution in [3.63, 3.8) is 0 Å². The van der Waals surface area contributed by atoms with Crippen molar-refractivity contribution >= 4 is 0 Å². The van der Waals surface area contributed by atoms with E-state index in [0.717, 1.165) is 0 Å². The molecule has 0 saturated heterocycles. The summed E-state index contributed by atoms with van der Waals surface area (Å²) >= 11 is -5.75. The van der Waals surface area contributed by atoms with Crippen LogP contribution in [0.3, 0.4) is 0 Å². The molecule has 0 aliphatic rings. The zero-order valence-corrected chi connectivity index (χ0v) is 14.6. The molecule has 3 heterocycles. The molecule has 24 heavy (non-hydrogen) atoms. The van der Waals surface area contributed by atoms with Gasteiger partial charge in [0.2, 0.25) is 0 Å². The van der Waals surface area contributed by atoms with E-state index in [1.54, 1.807) is 0 Å². The normalized spacial score (nSPS) is 8.42. The standard InChI is InChI=1S/3C5H5N.ClH.Cr.4O/c3*1-2-4-6-5-3-1;;;;;;/h3*1-5H;1H;;;;;/q;;;;;;;2*-1/p+2. The van der Waals surface area contributed by atoms with Crippen LogP contribution in [0, 0.1) is 0 Å². The van der Waals surface area contributed by atoms with Crippen LogP contribution >= 0.6 is 0 Å². The first-order chi connectivity index (χ1) is 11.0. The van der Waals surface area contributed by atoms with Crippen molar-refractivity contribution in [3.8, 4) is 0 Å². The minimum absolute atomic E-state index is 0. The molecule has 0 bridgehead atoms. The zero-order chi connectivity index (χ0) is 17.2. The second-order valence-corrected chi connectivity index (χ2v) is 4.92. The van der Waals surface area contributed by atoms with Gasteiger partial charge in [-0.2, -0.15) is 0 Å². The first kappa shape index (κ1) is 24.1. The minimum atomic E-state index is -5.75. The van der Waals surface area contributed by atoms with Crippen molar-refractivity contribution in [2.24, 2.45) is 0 Å². The van der Waals surface area contributed by atoms with Gasteiger partial charge in [-0.3, -0.25) is 0 Å². The molecule has 0 atom stereocenters. The molecule has 0 spiro atoms.